The van der Waals surface area contributed by atoms with Gasteiger partial charge < -0.3 is 10.2 Å². The van der Waals surface area contributed by atoms with Gasteiger partial charge in [-0.1, -0.05) is 12.1 Å². The van der Waals surface area contributed by atoms with Gasteiger partial charge in [0.25, 0.3) is 5.91 Å². The average molecular weight is 440 g/mol. The lowest BCUT2D eigenvalue weighted by molar-refractivity contribution is -0.136. The standard InChI is InChI=1S/C24H30FN5O2/c1-17-20(24(32)27-14-18-7-9-19(25)10-8-18)15-26-23(28-17)21-6-2-3-13-30(21)22(31)16-29-11-4-5-12-29/h7-10,15,21H,2-6,11-14,16H2,1H3,(H,27,32)/t21-/m0/s1. The Morgan fingerprint density at radius 1 is 1.09 bits per heavy atom. The number of aromatic nitrogens is 2. The summed E-state index contributed by atoms with van der Waals surface area (Å²) in [4.78, 5) is 38.8. The molecule has 0 unspecified atom stereocenters. The molecule has 4 rings (SSSR count). The number of nitrogens with one attached hydrogen (secondary N) is 1. The number of hydrogen-bond acceptors (Lipinski definition) is 5. The lowest BCUT2D eigenvalue weighted by atomic mass is 10.0. The zero-order chi connectivity index (χ0) is 22.5. The Kier molecular flexibility index (Phi) is 7.09. The van der Waals surface area contributed by atoms with Crippen molar-refractivity contribution in [1.29, 1.82) is 0 Å². The molecule has 8 heteroatoms. The zero-order valence-corrected chi connectivity index (χ0v) is 18.5. The Hall–Kier alpha value is -2.87. The van der Waals surface area contributed by atoms with Gasteiger partial charge in [0.1, 0.15) is 5.82 Å². The molecular weight excluding hydrogens is 409 g/mol. The van der Waals surface area contributed by atoms with Gasteiger partial charge in [-0.15, -0.1) is 0 Å². The van der Waals surface area contributed by atoms with Gasteiger partial charge in [-0.25, -0.2) is 14.4 Å². The fourth-order valence-corrected chi connectivity index (χ4v) is 4.47. The third-order valence-electron chi connectivity index (χ3n) is 6.29. The minimum Gasteiger partial charge on any atom is -0.348 e. The first-order valence-electron chi connectivity index (χ1n) is 11.4. The highest BCUT2D eigenvalue weighted by molar-refractivity contribution is 5.94. The van der Waals surface area contributed by atoms with E-state index >= 15 is 0 Å². The number of amides is 2. The predicted molar refractivity (Wildman–Crippen MR) is 118 cm³/mol. The molecule has 1 aromatic heterocycles. The third-order valence-corrected chi connectivity index (χ3v) is 6.29. The Balaban J connectivity index is 1.42. The SMILES string of the molecule is Cc1nc([C@@H]2CCCCN2C(=O)CN2CCCC2)ncc1C(=O)NCc1ccc(F)cc1. The van der Waals surface area contributed by atoms with Gasteiger partial charge in [-0.2, -0.15) is 0 Å². The zero-order valence-electron chi connectivity index (χ0n) is 18.5. The third kappa shape index (κ3) is 5.30. The quantitative estimate of drug-likeness (QED) is 0.749. The molecule has 2 aromatic rings. The molecule has 2 fully saturated rings. The van der Waals surface area contributed by atoms with Crippen molar-refractivity contribution < 1.29 is 14.0 Å². The topological polar surface area (TPSA) is 78.4 Å². The van der Waals surface area contributed by atoms with Crippen LogP contribution in [0.15, 0.2) is 30.5 Å². The molecule has 0 saturated carbocycles. The molecule has 3 heterocycles. The fourth-order valence-electron chi connectivity index (χ4n) is 4.47. The van der Waals surface area contributed by atoms with Gasteiger partial charge in [0.15, 0.2) is 5.82 Å². The van der Waals surface area contributed by atoms with Crippen LogP contribution >= 0.6 is 0 Å². The van der Waals surface area contributed by atoms with Crippen molar-refractivity contribution >= 4 is 11.8 Å². The van der Waals surface area contributed by atoms with E-state index in [2.05, 4.69) is 20.2 Å². The summed E-state index contributed by atoms with van der Waals surface area (Å²) in [6.45, 7) is 5.24. The first-order chi connectivity index (χ1) is 15.5. The summed E-state index contributed by atoms with van der Waals surface area (Å²) in [7, 11) is 0. The number of benzene rings is 1. The number of aryl methyl sites for hydroxylation is 1. The molecule has 7 nitrogen and oxygen atoms in total. The number of piperidine rings is 1. The molecule has 0 aliphatic carbocycles. The van der Waals surface area contributed by atoms with Crippen molar-refractivity contribution in [2.75, 3.05) is 26.2 Å². The van der Waals surface area contributed by atoms with E-state index in [1.807, 2.05) is 4.90 Å². The van der Waals surface area contributed by atoms with E-state index in [-0.39, 0.29) is 23.7 Å². The number of halogens is 1. The highest BCUT2D eigenvalue weighted by Gasteiger charge is 2.31. The van der Waals surface area contributed by atoms with Gasteiger partial charge in [-0.05, 0) is 69.8 Å². The van der Waals surface area contributed by atoms with Crippen molar-refractivity contribution in [3.05, 3.63) is 58.9 Å². The van der Waals surface area contributed by atoms with E-state index in [4.69, 9.17) is 0 Å². The molecule has 0 spiro atoms. The number of rotatable bonds is 6. The van der Waals surface area contributed by atoms with E-state index < -0.39 is 0 Å². The molecule has 0 radical (unpaired) electrons. The molecule has 2 aliphatic rings. The average Bonchev–Trinajstić information content (AvgIpc) is 3.31. The van der Waals surface area contributed by atoms with Gasteiger partial charge in [-0.3, -0.25) is 14.5 Å². The summed E-state index contributed by atoms with van der Waals surface area (Å²) in [5.74, 6) is 0.158. The lowest BCUT2D eigenvalue weighted by Gasteiger charge is -2.35. The molecule has 0 bridgehead atoms. The highest BCUT2D eigenvalue weighted by Crippen LogP contribution is 2.29. The van der Waals surface area contributed by atoms with E-state index in [1.165, 1.54) is 12.1 Å². The van der Waals surface area contributed by atoms with Crippen LogP contribution in [0.25, 0.3) is 0 Å². The van der Waals surface area contributed by atoms with Crippen LogP contribution in [0.3, 0.4) is 0 Å². The van der Waals surface area contributed by atoms with Gasteiger partial charge >= 0.3 is 0 Å². The Bertz CT molecular complexity index is 959. The molecule has 1 atom stereocenters. The number of likely N-dealkylation sites (tertiary alicyclic amines) is 2. The van der Waals surface area contributed by atoms with E-state index in [0.29, 0.717) is 30.2 Å². The second kappa shape index (κ2) is 10.2. The lowest BCUT2D eigenvalue weighted by Crippen LogP contribution is -2.44. The molecule has 2 amide bonds. The smallest absolute Gasteiger partial charge is 0.254 e. The summed E-state index contributed by atoms with van der Waals surface area (Å²) < 4.78 is 13.0. The minimum absolute atomic E-state index is 0.138. The first-order valence-corrected chi connectivity index (χ1v) is 11.4. The van der Waals surface area contributed by atoms with Crippen LogP contribution in [-0.2, 0) is 11.3 Å². The second-order valence-corrected chi connectivity index (χ2v) is 8.62. The van der Waals surface area contributed by atoms with Gasteiger partial charge in [0.2, 0.25) is 5.91 Å². The van der Waals surface area contributed by atoms with Crippen molar-refractivity contribution in [2.45, 2.75) is 51.6 Å². The van der Waals surface area contributed by atoms with Crippen LogP contribution in [0, 0.1) is 12.7 Å². The van der Waals surface area contributed by atoms with E-state index in [9.17, 15) is 14.0 Å². The predicted octanol–water partition coefficient (Wildman–Crippen LogP) is 3.00. The number of carbonyl (C=O) groups excluding carboxylic acids is 2. The number of nitrogens with zero attached hydrogens (tertiary/aromatic N) is 4. The monoisotopic (exact) mass is 439 g/mol. The summed E-state index contributed by atoms with van der Waals surface area (Å²) in [6, 6.07) is 5.86. The molecule has 1 N–H and O–H groups in total. The maximum absolute atomic E-state index is 13.0. The van der Waals surface area contributed by atoms with Crippen LogP contribution < -0.4 is 5.32 Å². The first kappa shape index (κ1) is 22.3. The highest BCUT2D eigenvalue weighted by atomic mass is 19.1. The van der Waals surface area contributed by atoms with Crippen LogP contribution in [0.2, 0.25) is 0 Å². The fraction of sp³-hybridized carbons (Fsp3) is 0.500. The van der Waals surface area contributed by atoms with Crippen molar-refractivity contribution in [3.8, 4) is 0 Å². The maximum atomic E-state index is 13.0. The van der Waals surface area contributed by atoms with Gasteiger partial charge in [0, 0.05) is 19.3 Å². The molecule has 170 valence electrons. The summed E-state index contributed by atoms with van der Waals surface area (Å²) in [5.41, 5.74) is 1.80. The van der Waals surface area contributed by atoms with Crippen LogP contribution in [-0.4, -0.2) is 57.8 Å². The van der Waals surface area contributed by atoms with Crippen LogP contribution in [0.1, 0.15) is 65.6 Å². The van der Waals surface area contributed by atoms with E-state index in [1.54, 1.807) is 25.3 Å². The Labute approximate surface area is 188 Å². The molecule has 1 aromatic carbocycles. The Morgan fingerprint density at radius 2 is 1.81 bits per heavy atom. The summed E-state index contributed by atoms with van der Waals surface area (Å²) >= 11 is 0. The largest absolute Gasteiger partial charge is 0.348 e. The van der Waals surface area contributed by atoms with Crippen molar-refractivity contribution in [2.24, 2.45) is 0 Å². The molecule has 2 saturated heterocycles. The Morgan fingerprint density at radius 3 is 2.53 bits per heavy atom. The maximum Gasteiger partial charge on any atom is 0.254 e. The number of hydrogen-bond donors (Lipinski definition) is 1. The molecular formula is C24H30FN5O2. The van der Waals surface area contributed by atoms with E-state index in [0.717, 1.165) is 57.3 Å². The van der Waals surface area contributed by atoms with Crippen LogP contribution in [0.4, 0.5) is 4.39 Å². The minimum atomic E-state index is -0.310. The van der Waals surface area contributed by atoms with Gasteiger partial charge in [0.05, 0.1) is 23.8 Å². The molecule has 32 heavy (non-hydrogen) atoms. The van der Waals surface area contributed by atoms with Crippen molar-refractivity contribution in [1.82, 2.24) is 25.1 Å². The normalized spacial score (nSPS) is 19.2. The van der Waals surface area contributed by atoms with Crippen molar-refractivity contribution in [3.63, 3.8) is 0 Å². The summed E-state index contributed by atoms with van der Waals surface area (Å²) in [6.07, 6.45) is 6.72. The number of carbonyl (C=O) groups is 2. The second-order valence-electron chi connectivity index (χ2n) is 8.62. The summed E-state index contributed by atoms with van der Waals surface area (Å²) in [5, 5.41) is 2.83. The van der Waals surface area contributed by atoms with Crippen LogP contribution in [0.5, 0.6) is 0 Å². The molecule has 2 aliphatic heterocycles.